The zero-order valence-corrected chi connectivity index (χ0v) is 11.6. The summed E-state index contributed by atoms with van der Waals surface area (Å²) in [5.74, 6) is 0.189. The second-order valence-corrected chi connectivity index (χ2v) is 5.40. The lowest BCUT2D eigenvalue weighted by atomic mass is 10.0. The van der Waals surface area contributed by atoms with E-state index in [1.165, 1.54) is 0 Å². The Kier molecular flexibility index (Phi) is 3.92. The highest BCUT2D eigenvalue weighted by Crippen LogP contribution is 2.27. The van der Waals surface area contributed by atoms with Gasteiger partial charge in [-0.05, 0) is 47.9 Å². The van der Waals surface area contributed by atoms with E-state index in [2.05, 4.69) is 15.7 Å². The lowest BCUT2D eigenvalue weighted by molar-refractivity contribution is -0.0497. The van der Waals surface area contributed by atoms with Crippen LogP contribution in [0, 0.1) is 0 Å². The van der Waals surface area contributed by atoms with Crippen LogP contribution in [0.25, 0.3) is 10.8 Å². The highest BCUT2D eigenvalue weighted by atomic mass is 19.3. The van der Waals surface area contributed by atoms with Gasteiger partial charge < -0.3 is 15.4 Å². The lowest BCUT2D eigenvalue weighted by Crippen LogP contribution is -2.39. The Labute approximate surface area is 122 Å². The first-order valence-electron chi connectivity index (χ1n) is 7.11. The van der Waals surface area contributed by atoms with E-state index in [0.717, 1.165) is 42.4 Å². The van der Waals surface area contributed by atoms with E-state index in [-0.39, 0.29) is 5.75 Å². The number of alkyl halides is 2. The second-order valence-electron chi connectivity index (χ2n) is 5.40. The standard InChI is InChI=1S/C16H18F2N2O/c17-16(18)21-15-4-2-11-9-14(3-1-12(11)10-15)20-7-5-13(19)6-8-20/h1-4,9-10,13,16H,5-8,19H2. The minimum Gasteiger partial charge on any atom is -0.435 e. The summed E-state index contributed by atoms with van der Waals surface area (Å²) in [7, 11) is 0. The molecule has 0 bridgehead atoms. The maximum Gasteiger partial charge on any atom is 0.387 e. The van der Waals surface area contributed by atoms with Crippen molar-refractivity contribution in [3.63, 3.8) is 0 Å². The van der Waals surface area contributed by atoms with E-state index in [1.54, 1.807) is 12.1 Å². The molecule has 0 aromatic heterocycles. The van der Waals surface area contributed by atoms with Crippen molar-refractivity contribution in [1.29, 1.82) is 0 Å². The molecule has 1 saturated heterocycles. The molecule has 2 aromatic rings. The second kappa shape index (κ2) is 5.85. The number of halogens is 2. The van der Waals surface area contributed by atoms with Crippen LogP contribution in [0.15, 0.2) is 36.4 Å². The van der Waals surface area contributed by atoms with E-state index in [0.29, 0.717) is 6.04 Å². The molecule has 112 valence electrons. The third-order valence-corrected chi connectivity index (χ3v) is 3.93. The van der Waals surface area contributed by atoms with Crippen LogP contribution in [0.4, 0.5) is 14.5 Å². The predicted octanol–water partition coefficient (Wildman–Crippen LogP) is 3.37. The largest absolute Gasteiger partial charge is 0.435 e. The number of hydrogen-bond donors (Lipinski definition) is 1. The van der Waals surface area contributed by atoms with Gasteiger partial charge in [0.15, 0.2) is 0 Å². The summed E-state index contributed by atoms with van der Waals surface area (Å²) in [5, 5.41) is 1.91. The molecular formula is C16H18F2N2O. The molecule has 0 atom stereocenters. The Morgan fingerprint density at radius 2 is 1.71 bits per heavy atom. The third kappa shape index (κ3) is 3.24. The van der Waals surface area contributed by atoms with Crippen molar-refractivity contribution in [2.45, 2.75) is 25.5 Å². The Bertz CT molecular complexity index is 625. The van der Waals surface area contributed by atoms with Gasteiger partial charge in [-0.3, -0.25) is 0 Å². The fourth-order valence-corrected chi connectivity index (χ4v) is 2.74. The molecule has 2 N–H and O–H groups in total. The molecule has 1 aliphatic rings. The molecule has 21 heavy (non-hydrogen) atoms. The normalized spacial score (nSPS) is 16.7. The van der Waals surface area contributed by atoms with Gasteiger partial charge in [-0.25, -0.2) is 0 Å². The van der Waals surface area contributed by atoms with Gasteiger partial charge in [0.25, 0.3) is 0 Å². The maximum atomic E-state index is 12.2. The molecule has 0 aliphatic carbocycles. The number of piperidine rings is 1. The molecule has 0 unspecified atom stereocenters. The Balaban J connectivity index is 1.83. The van der Waals surface area contributed by atoms with Crippen molar-refractivity contribution < 1.29 is 13.5 Å². The summed E-state index contributed by atoms with van der Waals surface area (Å²) in [6.45, 7) is -0.877. The minimum absolute atomic E-state index is 0.189. The highest BCUT2D eigenvalue weighted by molar-refractivity contribution is 5.87. The van der Waals surface area contributed by atoms with Crippen LogP contribution in [0.2, 0.25) is 0 Å². The lowest BCUT2D eigenvalue weighted by Gasteiger charge is -2.32. The molecule has 1 fully saturated rings. The SMILES string of the molecule is NC1CCN(c2ccc3cc(OC(F)F)ccc3c2)CC1. The van der Waals surface area contributed by atoms with Gasteiger partial charge in [0.1, 0.15) is 5.75 Å². The molecule has 2 aromatic carbocycles. The van der Waals surface area contributed by atoms with Crippen molar-refractivity contribution in [2.24, 2.45) is 5.73 Å². The van der Waals surface area contributed by atoms with Gasteiger partial charge in [0.05, 0.1) is 0 Å². The number of benzene rings is 2. The zero-order valence-electron chi connectivity index (χ0n) is 11.6. The average Bonchev–Trinajstić information content (AvgIpc) is 2.47. The van der Waals surface area contributed by atoms with Crippen molar-refractivity contribution in [3.05, 3.63) is 36.4 Å². The number of fused-ring (bicyclic) bond motifs is 1. The molecule has 0 radical (unpaired) electrons. The first kappa shape index (κ1) is 14.1. The fourth-order valence-electron chi connectivity index (χ4n) is 2.74. The van der Waals surface area contributed by atoms with Crippen molar-refractivity contribution in [1.82, 2.24) is 0 Å². The molecule has 1 aliphatic heterocycles. The Morgan fingerprint density at radius 3 is 2.43 bits per heavy atom. The van der Waals surface area contributed by atoms with Gasteiger partial charge in [-0.1, -0.05) is 12.1 Å². The van der Waals surface area contributed by atoms with Gasteiger partial charge in [0.2, 0.25) is 0 Å². The van der Waals surface area contributed by atoms with Crippen LogP contribution < -0.4 is 15.4 Å². The average molecular weight is 292 g/mol. The van der Waals surface area contributed by atoms with Crippen molar-refractivity contribution in [3.8, 4) is 5.75 Å². The quantitative estimate of drug-likeness (QED) is 0.942. The zero-order chi connectivity index (χ0) is 14.8. The number of nitrogens with two attached hydrogens (primary N) is 1. The van der Waals surface area contributed by atoms with Crippen LogP contribution in [0.3, 0.4) is 0 Å². The molecule has 3 nitrogen and oxygen atoms in total. The van der Waals surface area contributed by atoms with Gasteiger partial charge in [-0.2, -0.15) is 8.78 Å². The first-order chi connectivity index (χ1) is 10.1. The minimum atomic E-state index is -2.79. The number of hydrogen-bond acceptors (Lipinski definition) is 3. The molecule has 0 saturated carbocycles. The number of rotatable bonds is 3. The molecular weight excluding hydrogens is 274 g/mol. The molecule has 0 amide bonds. The van der Waals surface area contributed by atoms with Crippen molar-refractivity contribution >= 4 is 16.5 Å². The Morgan fingerprint density at radius 1 is 1.05 bits per heavy atom. The number of nitrogens with zero attached hydrogens (tertiary/aromatic N) is 1. The molecule has 3 rings (SSSR count). The van der Waals surface area contributed by atoms with Gasteiger partial charge in [0, 0.05) is 24.8 Å². The van der Waals surface area contributed by atoms with Gasteiger partial charge in [-0.15, -0.1) is 0 Å². The summed E-state index contributed by atoms with van der Waals surface area (Å²) in [4.78, 5) is 2.31. The van der Waals surface area contributed by atoms with E-state index in [4.69, 9.17) is 5.73 Å². The summed E-state index contributed by atoms with van der Waals surface area (Å²) < 4.78 is 28.9. The summed E-state index contributed by atoms with van der Waals surface area (Å²) >= 11 is 0. The summed E-state index contributed by atoms with van der Waals surface area (Å²) in [5.41, 5.74) is 7.07. The smallest absolute Gasteiger partial charge is 0.387 e. The molecule has 1 heterocycles. The monoisotopic (exact) mass is 292 g/mol. The maximum absolute atomic E-state index is 12.2. The van der Waals surface area contributed by atoms with E-state index in [1.807, 2.05) is 18.2 Å². The molecule has 5 heteroatoms. The van der Waals surface area contributed by atoms with Crippen LogP contribution in [-0.2, 0) is 0 Å². The van der Waals surface area contributed by atoms with Crippen LogP contribution >= 0.6 is 0 Å². The Hall–Kier alpha value is -1.88. The summed E-state index contributed by atoms with van der Waals surface area (Å²) in [6, 6.07) is 11.4. The van der Waals surface area contributed by atoms with Crippen LogP contribution in [0.5, 0.6) is 5.75 Å². The van der Waals surface area contributed by atoms with Crippen LogP contribution in [-0.4, -0.2) is 25.7 Å². The first-order valence-corrected chi connectivity index (χ1v) is 7.11. The summed E-state index contributed by atoms with van der Waals surface area (Å²) in [6.07, 6.45) is 2.00. The van der Waals surface area contributed by atoms with Crippen LogP contribution in [0.1, 0.15) is 12.8 Å². The van der Waals surface area contributed by atoms with E-state index < -0.39 is 6.61 Å². The topological polar surface area (TPSA) is 38.5 Å². The number of anilines is 1. The van der Waals surface area contributed by atoms with E-state index in [9.17, 15) is 8.78 Å². The number of ether oxygens (including phenoxy) is 1. The van der Waals surface area contributed by atoms with Crippen molar-refractivity contribution in [2.75, 3.05) is 18.0 Å². The van der Waals surface area contributed by atoms with E-state index >= 15 is 0 Å². The fraction of sp³-hybridized carbons (Fsp3) is 0.375. The predicted molar refractivity (Wildman–Crippen MR) is 80.0 cm³/mol. The third-order valence-electron chi connectivity index (χ3n) is 3.93. The molecule has 0 spiro atoms. The van der Waals surface area contributed by atoms with Gasteiger partial charge >= 0.3 is 6.61 Å². The highest BCUT2D eigenvalue weighted by Gasteiger charge is 2.16.